The first-order valence-corrected chi connectivity index (χ1v) is 8.40. The van der Waals surface area contributed by atoms with Crippen molar-refractivity contribution in [3.05, 3.63) is 65.2 Å². The van der Waals surface area contributed by atoms with Gasteiger partial charge < -0.3 is 14.8 Å². The first kappa shape index (κ1) is 17.0. The summed E-state index contributed by atoms with van der Waals surface area (Å²) in [6.07, 6.45) is -0.406. The molecule has 2 aromatic rings. The summed E-state index contributed by atoms with van der Waals surface area (Å²) < 4.78 is 10.7. The number of cyclic esters (lactones) is 1. The number of esters is 1. The molecular formula is C20H21NO4. The van der Waals surface area contributed by atoms with E-state index in [0.29, 0.717) is 18.6 Å². The van der Waals surface area contributed by atoms with Crippen molar-refractivity contribution >= 4 is 11.9 Å². The lowest BCUT2D eigenvalue weighted by atomic mass is 9.98. The third kappa shape index (κ3) is 3.82. The third-order valence-electron chi connectivity index (χ3n) is 4.23. The van der Waals surface area contributed by atoms with Gasteiger partial charge in [0.25, 0.3) is 5.91 Å². The predicted molar refractivity (Wildman–Crippen MR) is 93.5 cm³/mol. The van der Waals surface area contributed by atoms with Crippen molar-refractivity contribution in [2.45, 2.75) is 32.4 Å². The van der Waals surface area contributed by atoms with Crippen LogP contribution in [0.25, 0.3) is 0 Å². The van der Waals surface area contributed by atoms with Crippen molar-refractivity contribution in [2.24, 2.45) is 0 Å². The Labute approximate surface area is 147 Å². The molecule has 0 spiro atoms. The summed E-state index contributed by atoms with van der Waals surface area (Å²) in [5.41, 5.74) is 2.33. The smallest absolute Gasteiger partial charge is 0.339 e. The van der Waals surface area contributed by atoms with E-state index in [1.807, 2.05) is 50.2 Å². The Morgan fingerprint density at radius 1 is 1.24 bits per heavy atom. The molecule has 0 aromatic heterocycles. The summed E-state index contributed by atoms with van der Waals surface area (Å²) in [5.74, 6) is 0.0579. The maximum absolute atomic E-state index is 12.5. The zero-order valence-corrected chi connectivity index (χ0v) is 14.3. The number of rotatable bonds is 5. The lowest BCUT2D eigenvalue weighted by Crippen LogP contribution is -2.42. The van der Waals surface area contributed by atoms with Gasteiger partial charge in [0.2, 0.25) is 0 Å². The maximum Gasteiger partial charge on any atom is 0.339 e. The Bertz CT molecular complexity index is 770. The van der Waals surface area contributed by atoms with Gasteiger partial charge in [-0.25, -0.2) is 4.79 Å². The molecule has 1 aliphatic heterocycles. The van der Waals surface area contributed by atoms with Crippen molar-refractivity contribution < 1.29 is 19.1 Å². The van der Waals surface area contributed by atoms with Crippen LogP contribution >= 0.6 is 0 Å². The highest BCUT2D eigenvalue weighted by Gasteiger charge is 2.31. The van der Waals surface area contributed by atoms with E-state index >= 15 is 0 Å². The maximum atomic E-state index is 12.5. The van der Waals surface area contributed by atoms with Crippen LogP contribution in [0.4, 0.5) is 0 Å². The first-order chi connectivity index (χ1) is 12.1. The van der Waals surface area contributed by atoms with Gasteiger partial charge in [-0.15, -0.1) is 0 Å². The van der Waals surface area contributed by atoms with Crippen LogP contribution in [-0.2, 0) is 16.0 Å². The van der Waals surface area contributed by atoms with Crippen molar-refractivity contribution in [2.75, 3.05) is 6.61 Å². The largest absolute Gasteiger partial charge is 0.494 e. The van der Waals surface area contributed by atoms with Crippen LogP contribution in [0.3, 0.4) is 0 Å². The molecule has 0 fully saturated rings. The Balaban J connectivity index is 1.65. The SMILES string of the molecule is CCOc1ccc(C(C)NC(=O)C2Cc3ccccc3C(=O)O2)cc1. The molecule has 5 heteroatoms. The minimum atomic E-state index is -0.799. The average Bonchev–Trinajstić information content (AvgIpc) is 2.62. The number of amides is 1. The molecule has 2 aromatic carbocycles. The third-order valence-corrected chi connectivity index (χ3v) is 4.23. The molecule has 0 radical (unpaired) electrons. The number of ether oxygens (including phenoxy) is 2. The number of hydrogen-bond acceptors (Lipinski definition) is 4. The van der Waals surface area contributed by atoms with E-state index in [9.17, 15) is 9.59 Å². The quantitative estimate of drug-likeness (QED) is 0.851. The summed E-state index contributed by atoms with van der Waals surface area (Å²) in [6.45, 7) is 4.44. The number of carbonyl (C=O) groups excluding carboxylic acids is 2. The number of carbonyl (C=O) groups is 2. The molecule has 0 bridgehead atoms. The Morgan fingerprint density at radius 2 is 1.96 bits per heavy atom. The average molecular weight is 339 g/mol. The number of fused-ring (bicyclic) bond motifs is 1. The summed E-state index contributed by atoms with van der Waals surface area (Å²) >= 11 is 0. The van der Waals surface area contributed by atoms with Gasteiger partial charge in [-0.05, 0) is 43.2 Å². The number of hydrogen-bond donors (Lipinski definition) is 1. The number of benzene rings is 2. The van der Waals surface area contributed by atoms with Crippen molar-refractivity contribution in [3.63, 3.8) is 0 Å². The summed E-state index contributed by atoms with van der Waals surface area (Å²) in [7, 11) is 0. The molecule has 1 heterocycles. The molecule has 0 saturated carbocycles. The molecule has 130 valence electrons. The van der Waals surface area contributed by atoms with E-state index in [2.05, 4.69) is 5.32 Å². The number of nitrogens with one attached hydrogen (secondary N) is 1. The lowest BCUT2D eigenvalue weighted by molar-refractivity contribution is -0.131. The van der Waals surface area contributed by atoms with Gasteiger partial charge in [0.15, 0.2) is 6.10 Å². The molecule has 2 atom stereocenters. The van der Waals surface area contributed by atoms with Gasteiger partial charge in [-0.3, -0.25) is 4.79 Å². The second-order valence-electron chi connectivity index (χ2n) is 5.99. The second kappa shape index (κ2) is 7.38. The van der Waals surface area contributed by atoms with Crippen LogP contribution in [0, 0.1) is 0 Å². The van der Waals surface area contributed by atoms with Crippen LogP contribution in [0.15, 0.2) is 48.5 Å². The highest BCUT2D eigenvalue weighted by Crippen LogP contribution is 2.22. The second-order valence-corrected chi connectivity index (χ2v) is 5.99. The Morgan fingerprint density at radius 3 is 2.68 bits per heavy atom. The van der Waals surface area contributed by atoms with Crippen LogP contribution in [-0.4, -0.2) is 24.6 Å². The Kier molecular flexibility index (Phi) is 5.03. The fourth-order valence-corrected chi connectivity index (χ4v) is 2.89. The Hall–Kier alpha value is -2.82. The highest BCUT2D eigenvalue weighted by molar-refractivity contribution is 5.95. The molecular weight excluding hydrogens is 318 g/mol. The molecule has 0 saturated heterocycles. The fourth-order valence-electron chi connectivity index (χ4n) is 2.89. The normalized spacial score (nSPS) is 17.2. The van der Waals surface area contributed by atoms with E-state index in [-0.39, 0.29) is 11.9 Å². The van der Waals surface area contributed by atoms with Gasteiger partial charge in [0.05, 0.1) is 18.2 Å². The van der Waals surface area contributed by atoms with E-state index in [0.717, 1.165) is 16.9 Å². The highest BCUT2D eigenvalue weighted by atomic mass is 16.5. The molecule has 1 N–H and O–H groups in total. The lowest BCUT2D eigenvalue weighted by Gasteiger charge is -2.25. The van der Waals surface area contributed by atoms with Crippen molar-refractivity contribution in [3.8, 4) is 5.75 Å². The topological polar surface area (TPSA) is 64.6 Å². The minimum Gasteiger partial charge on any atom is -0.494 e. The molecule has 2 unspecified atom stereocenters. The van der Waals surface area contributed by atoms with Crippen LogP contribution in [0.2, 0.25) is 0 Å². The predicted octanol–water partition coefficient (Wildman–Crippen LogP) is 3.04. The van der Waals surface area contributed by atoms with Gasteiger partial charge in [0, 0.05) is 6.42 Å². The van der Waals surface area contributed by atoms with Crippen LogP contribution in [0.1, 0.15) is 41.4 Å². The van der Waals surface area contributed by atoms with E-state index in [1.165, 1.54) is 0 Å². The molecule has 25 heavy (non-hydrogen) atoms. The van der Waals surface area contributed by atoms with Crippen LogP contribution < -0.4 is 10.1 Å². The van der Waals surface area contributed by atoms with Crippen molar-refractivity contribution in [1.29, 1.82) is 0 Å². The standard InChI is InChI=1S/C20H21NO4/c1-3-24-16-10-8-14(9-11-16)13(2)21-19(22)18-12-15-6-4-5-7-17(15)20(23)25-18/h4-11,13,18H,3,12H2,1-2H3,(H,21,22). The minimum absolute atomic E-state index is 0.195. The first-order valence-electron chi connectivity index (χ1n) is 8.40. The van der Waals surface area contributed by atoms with Crippen LogP contribution in [0.5, 0.6) is 5.75 Å². The van der Waals surface area contributed by atoms with Gasteiger partial charge in [-0.2, -0.15) is 0 Å². The molecule has 5 nitrogen and oxygen atoms in total. The van der Waals surface area contributed by atoms with Gasteiger partial charge in [-0.1, -0.05) is 30.3 Å². The fraction of sp³-hybridized carbons (Fsp3) is 0.300. The monoisotopic (exact) mass is 339 g/mol. The zero-order valence-electron chi connectivity index (χ0n) is 14.3. The summed E-state index contributed by atoms with van der Waals surface area (Å²) in [4.78, 5) is 24.5. The zero-order chi connectivity index (χ0) is 17.8. The van der Waals surface area contributed by atoms with Crippen molar-refractivity contribution in [1.82, 2.24) is 5.32 Å². The summed E-state index contributed by atoms with van der Waals surface area (Å²) in [6, 6.07) is 14.6. The van der Waals surface area contributed by atoms with Gasteiger partial charge >= 0.3 is 5.97 Å². The molecule has 3 rings (SSSR count). The van der Waals surface area contributed by atoms with E-state index in [1.54, 1.807) is 12.1 Å². The van der Waals surface area contributed by atoms with E-state index in [4.69, 9.17) is 9.47 Å². The molecule has 1 aliphatic rings. The molecule has 1 amide bonds. The van der Waals surface area contributed by atoms with E-state index < -0.39 is 12.1 Å². The molecule has 0 aliphatic carbocycles. The summed E-state index contributed by atoms with van der Waals surface area (Å²) in [5, 5.41) is 2.91. The van der Waals surface area contributed by atoms with Gasteiger partial charge in [0.1, 0.15) is 5.75 Å².